The molecule has 0 aliphatic heterocycles. The number of sulfonamides is 1. The molecule has 0 unspecified atom stereocenters. The molecule has 0 fully saturated rings. The summed E-state index contributed by atoms with van der Waals surface area (Å²) >= 11 is 0. The van der Waals surface area contributed by atoms with Crippen LogP contribution in [-0.2, 0) is 16.4 Å². The van der Waals surface area contributed by atoms with Crippen molar-refractivity contribution in [3.63, 3.8) is 0 Å². The number of aromatic nitrogens is 4. The molecular formula is C29H38N6O4S. The van der Waals surface area contributed by atoms with Crippen molar-refractivity contribution in [2.45, 2.75) is 52.4 Å². The van der Waals surface area contributed by atoms with Crippen molar-refractivity contribution in [1.29, 1.82) is 0 Å². The van der Waals surface area contributed by atoms with Gasteiger partial charge in [-0.25, -0.2) is 17.9 Å². The van der Waals surface area contributed by atoms with Crippen LogP contribution in [-0.4, -0.2) is 65.7 Å². The van der Waals surface area contributed by atoms with Crippen LogP contribution >= 0.6 is 0 Å². The van der Waals surface area contributed by atoms with Gasteiger partial charge in [0, 0.05) is 19.5 Å². The van der Waals surface area contributed by atoms with Crippen LogP contribution in [0.4, 0.5) is 5.69 Å². The molecule has 2 aromatic carbocycles. The maximum absolute atomic E-state index is 14.2. The molecule has 2 heterocycles. The van der Waals surface area contributed by atoms with Gasteiger partial charge in [-0.15, -0.1) is 5.10 Å². The van der Waals surface area contributed by atoms with Gasteiger partial charge in [0.15, 0.2) is 11.3 Å². The Balaban J connectivity index is 1.86. The molecule has 2 aromatic heterocycles. The highest BCUT2D eigenvalue weighted by atomic mass is 32.2. The third-order valence-corrected chi connectivity index (χ3v) is 8.69. The Morgan fingerprint density at radius 1 is 1.00 bits per heavy atom. The number of fused-ring (bicyclic) bond motifs is 1. The zero-order valence-corrected chi connectivity index (χ0v) is 24.7. The molecule has 214 valence electrons. The van der Waals surface area contributed by atoms with E-state index in [1.807, 2.05) is 32.0 Å². The molecule has 0 saturated carbocycles. The summed E-state index contributed by atoms with van der Waals surface area (Å²) < 4.78 is 37.1. The van der Waals surface area contributed by atoms with Crippen LogP contribution in [0.1, 0.15) is 45.6 Å². The van der Waals surface area contributed by atoms with Crippen molar-refractivity contribution in [2.75, 3.05) is 37.1 Å². The molecule has 0 spiro atoms. The lowest BCUT2D eigenvalue weighted by Gasteiger charge is -2.28. The van der Waals surface area contributed by atoms with Gasteiger partial charge >= 0.3 is 0 Å². The molecule has 4 rings (SSSR count). The molecular weight excluding hydrogens is 528 g/mol. The van der Waals surface area contributed by atoms with Crippen LogP contribution in [0.25, 0.3) is 16.9 Å². The van der Waals surface area contributed by atoms with E-state index in [0.717, 1.165) is 19.5 Å². The van der Waals surface area contributed by atoms with Crippen LogP contribution in [0.5, 0.6) is 5.75 Å². The van der Waals surface area contributed by atoms with E-state index in [1.54, 1.807) is 29.6 Å². The Hall–Kier alpha value is -3.70. The second-order valence-electron chi connectivity index (χ2n) is 9.46. The molecule has 10 nitrogen and oxygen atoms in total. The van der Waals surface area contributed by atoms with Crippen molar-refractivity contribution in [3.05, 3.63) is 70.4 Å². The Morgan fingerprint density at radius 3 is 2.38 bits per heavy atom. The van der Waals surface area contributed by atoms with Gasteiger partial charge < -0.3 is 14.6 Å². The fraction of sp³-hybridized carbons (Fsp3) is 0.414. The number of aryl methyl sites for hydroxylation is 2. The molecule has 0 aliphatic rings. The number of likely N-dealkylation sites (N-methyl/N-ethyl adjacent to an activating group) is 1. The minimum absolute atomic E-state index is 0.0766. The predicted octanol–water partition coefficient (Wildman–Crippen LogP) is 4.28. The van der Waals surface area contributed by atoms with E-state index in [-0.39, 0.29) is 22.8 Å². The van der Waals surface area contributed by atoms with Gasteiger partial charge in [0.2, 0.25) is 0 Å². The number of imidazole rings is 1. The van der Waals surface area contributed by atoms with Crippen molar-refractivity contribution < 1.29 is 13.2 Å². The van der Waals surface area contributed by atoms with Gasteiger partial charge in [0.1, 0.15) is 11.6 Å². The summed E-state index contributed by atoms with van der Waals surface area (Å²) in [5.41, 5.74) is 1.58. The highest BCUT2D eigenvalue weighted by Gasteiger charge is 2.27. The standard InChI is InChI=1S/C29H38N6O4S/c1-6-13-26-30-21(5)27-29(36)31-28(32-35(26)27)24-20-23(16-17-25(24)39-9-4)40(37,38)34(19-18-33(7-2)8-3)22-14-11-10-12-15-22/h10-12,14-17,20H,6-9,13,18-19H2,1-5H3,(H,31,32,36). The smallest absolute Gasteiger partial charge is 0.277 e. The summed E-state index contributed by atoms with van der Waals surface area (Å²) in [5, 5.41) is 4.70. The minimum Gasteiger partial charge on any atom is -0.493 e. The first-order valence-electron chi connectivity index (χ1n) is 13.8. The molecule has 0 radical (unpaired) electrons. The number of nitrogens with one attached hydrogen (secondary N) is 1. The largest absolute Gasteiger partial charge is 0.493 e. The maximum atomic E-state index is 14.2. The Morgan fingerprint density at radius 2 is 1.73 bits per heavy atom. The lowest BCUT2D eigenvalue weighted by atomic mass is 10.2. The lowest BCUT2D eigenvalue weighted by Crippen LogP contribution is -2.38. The lowest BCUT2D eigenvalue weighted by molar-refractivity contribution is 0.313. The summed E-state index contributed by atoms with van der Waals surface area (Å²) in [7, 11) is -3.98. The summed E-state index contributed by atoms with van der Waals surface area (Å²) in [5.74, 6) is 1.31. The Kier molecular flexibility index (Phi) is 9.26. The normalized spacial score (nSPS) is 11.8. The highest BCUT2D eigenvalue weighted by molar-refractivity contribution is 7.92. The van der Waals surface area contributed by atoms with Crippen LogP contribution in [0.15, 0.2) is 58.2 Å². The highest BCUT2D eigenvalue weighted by Crippen LogP contribution is 2.32. The van der Waals surface area contributed by atoms with E-state index in [0.29, 0.717) is 53.6 Å². The number of nitrogens with zero attached hydrogens (tertiary/aromatic N) is 5. The fourth-order valence-corrected chi connectivity index (χ4v) is 6.24. The van der Waals surface area contributed by atoms with Gasteiger partial charge in [-0.2, -0.15) is 0 Å². The van der Waals surface area contributed by atoms with Crippen molar-refractivity contribution >= 4 is 21.2 Å². The summed E-state index contributed by atoms with van der Waals surface area (Å²) in [6.07, 6.45) is 1.49. The Labute approximate surface area is 235 Å². The summed E-state index contributed by atoms with van der Waals surface area (Å²) in [4.78, 5) is 22.8. The first-order valence-corrected chi connectivity index (χ1v) is 15.2. The van der Waals surface area contributed by atoms with Crippen molar-refractivity contribution in [2.24, 2.45) is 0 Å². The van der Waals surface area contributed by atoms with E-state index in [9.17, 15) is 13.2 Å². The second-order valence-corrected chi connectivity index (χ2v) is 11.3. The topological polar surface area (TPSA) is 113 Å². The maximum Gasteiger partial charge on any atom is 0.277 e. The predicted molar refractivity (Wildman–Crippen MR) is 158 cm³/mol. The number of benzene rings is 2. The van der Waals surface area contributed by atoms with Crippen LogP contribution in [0.3, 0.4) is 0 Å². The summed E-state index contributed by atoms with van der Waals surface area (Å²) in [6, 6.07) is 13.8. The fourth-order valence-electron chi connectivity index (χ4n) is 4.76. The van der Waals surface area contributed by atoms with Gasteiger partial charge in [0.05, 0.1) is 28.4 Å². The molecule has 0 atom stereocenters. The molecule has 4 aromatic rings. The zero-order chi connectivity index (χ0) is 28.9. The number of para-hydroxylation sites is 1. The van der Waals surface area contributed by atoms with Crippen LogP contribution in [0, 0.1) is 6.92 Å². The van der Waals surface area contributed by atoms with Crippen LogP contribution in [0.2, 0.25) is 0 Å². The van der Waals surface area contributed by atoms with Gasteiger partial charge in [0.25, 0.3) is 15.6 Å². The molecule has 1 N–H and O–H groups in total. The average Bonchev–Trinajstić information content (AvgIpc) is 3.27. The third kappa shape index (κ3) is 5.90. The van der Waals surface area contributed by atoms with Gasteiger partial charge in [-0.1, -0.05) is 39.0 Å². The van der Waals surface area contributed by atoms with Gasteiger partial charge in [-0.05, 0) is 63.7 Å². The quantitative estimate of drug-likeness (QED) is 0.257. The molecule has 0 amide bonds. The SMILES string of the molecule is CCCc1nc(C)c2c(=O)[nH]c(-c3cc(S(=O)(=O)N(CCN(CC)CC)c4ccccc4)ccc3OCC)nn12. The van der Waals surface area contributed by atoms with Crippen molar-refractivity contribution in [1.82, 2.24) is 24.5 Å². The monoisotopic (exact) mass is 566 g/mol. The number of anilines is 1. The molecule has 40 heavy (non-hydrogen) atoms. The van der Waals surface area contributed by atoms with Crippen LogP contribution < -0.4 is 14.6 Å². The van der Waals surface area contributed by atoms with E-state index < -0.39 is 10.0 Å². The summed E-state index contributed by atoms with van der Waals surface area (Å²) in [6.45, 7) is 12.6. The first-order chi connectivity index (χ1) is 19.2. The van der Waals surface area contributed by atoms with E-state index in [1.165, 1.54) is 16.4 Å². The van der Waals surface area contributed by atoms with E-state index >= 15 is 0 Å². The number of hydrogen-bond donors (Lipinski definition) is 1. The molecule has 11 heteroatoms. The second kappa shape index (κ2) is 12.6. The number of hydrogen-bond acceptors (Lipinski definition) is 7. The number of aromatic amines is 1. The zero-order valence-electron chi connectivity index (χ0n) is 23.8. The van der Waals surface area contributed by atoms with Crippen molar-refractivity contribution in [3.8, 4) is 17.1 Å². The van der Waals surface area contributed by atoms with E-state index in [4.69, 9.17) is 9.84 Å². The minimum atomic E-state index is -3.98. The molecule has 0 bridgehead atoms. The average molecular weight is 567 g/mol. The first kappa shape index (κ1) is 29.3. The number of H-pyrrole nitrogens is 1. The third-order valence-electron chi connectivity index (χ3n) is 6.87. The number of ether oxygens (including phenoxy) is 1. The molecule has 0 saturated heterocycles. The van der Waals surface area contributed by atoms with E-state index in [2.05, 4.69) is 28.7 Å². The Bertz CT molecular complexity index is 1610. The number of rotatable bonds is 13. The molecule has 0 aliphatic carbocycles. The van der Waals surface area contributed by atoms with Gasteiger partial charge in [-0.3, -0.25) is 9.10 Å².